The van der Waals surface area contributed by atoms with E-state index < -0.39 is 0 Å². The number of aliphatic hydroxyl groups excluding tert-OH is 1. The van der Waals surface area contributed by atoms with Crippen molar-refractivity contribution in [2.75, 3.05) is 43.4 Å². The first kappa shape index (κ1) is 17.3. The number of rotatable bonds is 6. The maximum Gasteiger partial charge on any atom is 0.0760 e. The third-order valence-electron chi connectivity index (χ3n) is 4.48. The van der Waals surface area contributed by atoms with Gasteiger partial charge in [0, 0.05) is 49.1 Å². The van der Waals surface area contributed by atoms with Crippen molar-refractivity contribution in [3.05, 3.63) is 60.2 Å². The van der Waals surface area contributed by atoms with E-state index in [1.165, 1.54) is 16.1 Å². The zero-order valence-corrected chi connectivity index (χ0v) is 15.1. The first-order valence-electron chi connectivity index (χ1n) is 8.61. The molecule has 0 unspecified atom stereocenters. The number of anilines is 1. The smallest absolute Gasteiger partial charge is 0.0760 e. The lowest BCUT2D eigenvalue weighted by molar-refractivity contribution is 0.126. The molecule has 0 aromatic heterocycles. The number of hydrogen-bond acceptors (Lipinski definition) is 4. The molecule has 1 atom stereocenters. The SMILES string of the molecule is Cc1ccccc1N1CCN(C[C@@H](O)CSc2ccccc2)CC1. The molecule has 1 saturated heterocycles. The molecule has 0 amide bonds. The van der Waals surface area contributed by atoms with E-state index in [1.54, 1.807) is 11.8 Å². The standard InChI is InChI=1S/C20H26N2OS/c1-17-7-5-6-10-20(17)22-13-11-21(12-14-22)15-18(23)16-24-19-8-3-2-4-9-19/h2-10,18,23H,11-16H2,1H3/t18-/m1/s1. The molecule has 0 bridgehead atoms. The summed E-state index contributed by atoms with van der Waals surface area (Å²) in [6, 6.07) is 18.9. The van der Waals surface area contributed by atoms with E-state index in [0.717, 1.165) is 38.5 Å². The third-order valence-corrected chi connectivity index (χ3v) is 5.64. The summed E-state index contributed by atoms with van der Waals surface area (Å²) >= 11 is 1.73. The molecule has 2 aromatic carbocycles. The monoisotopic (exact) mass is 342 g/mol. The number of hydrogen-bond donors (Lipinski definition) is 1. The number of aliphatic hydroxyl groups is 1. The van der Waals surface area contributed by atoms with E-state index >= 15 is 0 Å². The molecule has 1 N–H and O–H groups in total. The molecule has 24 heavy (non-hydrogen) atoms. The van der Waals surface area contributed by atoms with Gasteiger partial charge in [-0.05, 0) is 30.7 Å². The molecule has 1 fully saturated rings. The van der Waals surface area contributed by atoms with E-state index in [9.17, 15) is 5.11 Å². The van der Waals surface area contributed by atoms with Crippen LogP contribution in [0.4, 0.5) is 5.69 Å². The molecule has 0 spiro atoms. The van der Waals surface area contributed by atoms with Gasteiger partial charge in [0.1, 0.15) is 0 Å². The molecule has 3 rings (SSSR count). The maximum absolute atomic E-state index is 10.3. The van der Waals surface area contributed by atoms with Crippen LogP contribution in [0.1, 0.15) is 5.56 Å². The summed E-state index contributed by atoms with van der Waals surface area (Å²) < 4.78 is 0. The van der Waals surface area contributed by atoms with Gasteiger partial charge >= 0.3 is 0 Å². The Kier molecular flexibility index (Phi) is 6.18. The number of piperazine rings is 1. The van der Waals surface area contributed by atoms with Gasteiger partial charge in [0.05, 0.1) is 6.10 Å². The average molecular weight is 343 g/mol. The van der Waals surface area contributed by atoms with E-state index in [-0.39, 0.29) is 6.10 Å². The zero-order chi connectivity index (χ0) is 16.8. The van der Waals surface area contributed by atoms with Gasteiger partial charge in [-0.15, -0.1) is 11.8 Å². The van der Waals surface area contributed by atoms with Crippen molar-refractivity contribution < 1.29 is 5.11 Å². The lowest BCUT2D eigenvalue weighted by atomic mass is 10.1. The zero-order valence-electron chi connectivity index (χ0n) is 14.3. The Morgan fingerprint density at radius 1 is 0.958 bits per heavy atom. The summed E-state index contributed by atoms with van der Waals surface area (Å²) in [5.41, 5.74) is 2.68. The topological polar surface area (TPSA) is 26.7 Å². The fourth-order valence-corrected chi connectivity index (χ4v) is 3.99. The number of thioether (sulfide) groups is 1. The van der Waals surface area contributed by atoms with Crippen LogP contribution in [0.15, 0.2) is 59.5 Å². The number of aryl methyl sites for hydroxylation is 1. The van der Waals surface area contributed by atoms with Crippen molar-refractivity contribution in [1.29, 1.82) is 0 Å². The van der Waals surface area contributed by atoms with Gasteiger partial charge in [-0.3, -0.25) is 4.90 Å². The highest BCUT2D eigenvalue weighted by Gasteiger charge is 2.20. The Balaban J connectivity index is 1.43. The minimum absolute atomic E-state index is 0.278. The first-order chi connectivity index (χ1) is 11.7. The Morgan fingerprint density at radius 3 is 2.33 bits per heavy atom. The van der Waals surface area contributed by atoms with Crippen molar-refractivity contribution in [3.8, 4) is 0 Å². The van der Waals surface area contributed by atoms with Crippen LogP contribution < -0.4 is 4.90 Å². The van der Waals surface area contributed by atoms with E-state index in [4.69, 9.17) is 0 Å². The van der Waals surface area contributed by atoms with Crippen LogP contribution in [-0.4, -0.2) is 54.6 Å². The molecule has 1 heterocycles. The highest BCUT2D eigenvalue weighted by molar-refractivity contribution is 7.99. The van der Waals surface area contributed by atoms with Crippen LogP contribution >= 0.6 is 11.8 Å². The van der Waals surface area contributed by atoms with Crippen LogP contribution in [0.3, 0.4) is 0 Å². The number of para-hydroxylation sites is 1. The van der Waals surface area contributed by atoms with Crippen molar-refractivity contribution in [2.45, 2.75) is 17.9 Å². The number of nitrogens with zero attached hydrogens (tertiary/aromatic N) is 2. The third kappa shape index (κ3) is 4.76. The van der Waals surface area contributed by atoms with Crippen molar-refractivity contribution in [2.24, 2.45) is 0 Å². The van der Waals surface area contributed by atoms with Crippen molar-refractivity contribution in [1.82, 2.24) is 4.90 Å². The van der Waals surface area contributed by atoms with Gasteiger partial charge < -0.3 is 10.0 Å². The average Bonchev–Trinajstić information content (AvgIpc) is 2.62. The Labute approximate surface area is 149 Å². The maximum atomic E-state index is 10.3. The van der Waals surface area contributed by atoms with Crippen LogP contribution in [0.25, 0.3) is 0 Å². The largest absolute Gasteiger partial charge is 0.391 e. The highest BCUT2D eigenvalue weighted by atomic mass is 32.2. The second-order valence-electron chi connectivity index (χ2n) is 6.35. The first-order valence-corrected chi connectivity index (χ1v) is 9.60. The summed E-state index contributed by atoms with van der Waals surface area (Å²) in [7, 11) is 0. The number of β-amino-alcohol motifs (C(OH)–C–C–N with tert-alkyl or cyclic N) is 1. The lowest BCUT2D eigenvalue weighted by Crippen LogP contribution is -2.49. The van der Waals surface area contributed by atoms with Crippen molar-refractivity contribution >= 4 is 17.4 Å². The molecular formula is C20H26N2OS. The quantitative estimate of drug-likeness (QED) is 0.815. The molecule has 1 aliphatic rings. The summed E-state index contributed by atoms with van der Waals surface area (Å²) in [5.74, 6) is 0.752. The van der Waals surface area contributed by atoms with Gasteiger partial charge in [-0.25, -0.2) is 0 Å². The van der Waals surface area contributed by atoms with Crippen LogP contribution in [0.2, 0.25) is 0 Å². The number of benzene rings is 2. The molecule has 2 aromatic rings. The molecule has 0 saturated carbocycles. The second-order valence-corrected chi connectivity index (χ2v) is 7.45. The normalized spacial score (nSPS) is 17.0. The van der Waals surface area contributed by atoms with Gasteiger partial charge in [0.2, 0.25) is 0 Å². The molecule has 0 radical (unpaired) electrons. The minimum atomic E-state index is -0.278. The van der Waals surface area contributed by atoms with Crippen LogP contribution in [0, 0.1) is 6.92 Å². The lowest BCUT2D eigenvalue weighted by Gasteiger charge is -2.37. The fraction of sp³-hybridized carbons (Fsp3) is 0.400. The summed E-state index contributed by atoms with van der Waals surface area (Å²) in [4.78, 5) is 6.06. The fourth-order valence-electron chi connectivity index (χ4n) is 3.15. The Morgan fingerprint density at radius 2 is 1.62 bits per heavy atom. The molecule has 128 valence electrons. The van der Waals surface area contributed by atoms with E-state index in [2.05, 4.69) is 53.1 Å². The predicted molar refractivity (Wildman–Crippen MR) is 103 cm³/mol. The van der Waals surface area contributed by atoms with Crippen LogP contribution in [0.5, 0.6) is 0 Å². The molecule has 0 aliphatic carbocycles. The molecule has 1 aliphatic heterocycles. The van der Waals surface area contributed by atoms with Gasteiger partial charge in [0.25, 0.3) is 0 Å². The van der Waals surface area contributed by atoms with Gasteiger partial charge in [0.15, 0.2) is 0 Å². The minimum Gasteiger partial charge on any atom is -0.391 e. The predicted octanol–water partition coefficient (Wildman–Crippen LogP) is 3.27. The molecule has 4 heteroatoms. The molecule has 3 nitrogen and oxygen atoms in total. The van der Waals surface area contributed by atoms with Gasteiger partial charge in [-0.2, -0.15) is 0 Å². The second kappa shape index (κ2) is 8.56. The summed E-state index contributed by atoms with van der Waals surface area (Å²) in [5, 5.41) is 10.3. The van der Waals surface area contributed by atoms with Gasteiger partial charge in [-0.1, -0.05) is 36.4 Å². The van der Waals surface area contributed by atoms with E-state index in [1.807, 2.05) is 18.2 Å². The van der Waals surface area contributed by atoms with Crippen LogP contribution in [-0.2, 0) is 0 Å². The summed E-state index contributed by atoms with van der Waals surface area (Å²) in [6.45, 7) is 7.03. The van der Waals surface area contributed by atoms with Crippen molar-refractivity contribution in [3.63, 3.8) is 0 Å². The Bertz CT molecular complexity index is 627. The summed E-state index contributed by atoms with van der Waals surface area (Å²) in [6.07, 6.45) is -0.278. The molecular weight excluding hydrogens is 316 g/mol. The van der Waals surface area contributed by atoms with E-state index in [0.29, 0.717) is 0 Å². The Hall–Kier alpha value is -1.49. The highest BCUT2D eigenvalue weighted by Crippen LogP contribution is 2.21.